The van der Waals surface area contributed by atoms with Gasteiger partial charge in [-0.3, -0.25) is 0 Å². The fourth-order valence-electron chi connectivity index (χ4n) is 2.47. The molecular weight excluding hydrogens is 262 g/mol. The van der Waals surface area contributed by atoms with E-state index in [9.17, 15) is 5.11 Å². The van der Waals surface area contributed by atoms with Gasteiger partial charge in [0.05, 0.1) is 7.11 Å². The van der Waals surface area contributed by atoms with Gasteiger partial charge in [-0.05, 0) is 23.6 Å². The third-order valence-corrected chi connectivity index (χ3v) is 3.74. The predicted molar refractivity (Wildman–Crippen MR) is 87.2 cm³/mol. The Bertz CT molecular complexity index is 567. The van der Waals surface area contributed by atoms with Crippen LogP contribution in [0, 0.1) is 5.92 Å². The summed E-state index contributed by atoms with van der Waals surface area (Å²) in [5.74, 6) is 1.61. The molecule has 0 aliphatic carbocycles. The first-order valence-corrected chi connectivity index (χ1v) is 7.27. The number of nitrogens with one attached hydrogen (secondary N) is 1. The number of phenols is 1. The highest BCUT2D eigenvalue weighted by atomic mass is 16.5. The van der Waals surface area contributed by atoms with Gasteiger partial charge >= 0.3 is 0 Å². The highest BCUT2D eigenvalue weighted by Crippen LogP contribution is 2.30. The van der Waals surface area contributed by atoms with Gasteiger partial charge in [0.2, 0.25) is 0 Å². The molecule has 0 amide bonds. The molecule has 0 heterocycles. The zero-order chi connectivity index (χ0) is 15.2. The zero-order valence-electron chi connectivity index (χ0n) is 12.8. The van der Waals surface area contributed by atoms with Crippen molar-refractivity contribution in [1.82, 2.24) is 0 Å². The lowest BCUT2D eigenvalue weighted by Gasteiger charge is -2.22. The van der Waals surface area contributed by atoms with E-state index in [1.54, 1.807) is 19.2 Å². The van der Waals surface area contributed by atoms with Crippen LogP contribution in [-0.4, -0.2) is 18.8 Å². The molecule has 2 aromatic carbocycles. The van der Waals surface area contributed by atoms with Gasteiger partial charge in [-0.2, -0.15) is 0 Å². The molecule has 0 spiro atoms. The Morgan fingerprint density at radius 3 is 2.38 bits per heavy atom. The minimum Gasteiger partial charge on any atom is -0.504 e. The molecular formula is C18H23NO2. The summed E-state index contributed by atoms with van der Waals surface area (Å²) in [4.78, 5) is 0. The number of hydrogen-bond acceptors (Lipinski definition) is 3. The van der Waals surface area contributed by atoms with Gasteiger partial charge in [-0.15, -0.1) is 0 Å². The van der Waals surface area contributed by atoms with E-state index in [1.807, 2.05) is 12.1 Å². The largest absolute Gasteiger partial charge is 0.504 e. The van der Waals surface area contributed by atoms with E-state index in [-0.39, 0.29) is 5.75 Å². The van der Waals surface area contributed by atoms with Gasteiger partial charge in [0.25, 0.3) is 0 Å². The molecule has 0 saturated carbocycles. The molecule has 0 aromatic heterocycles. The zero-order valence-corrected chi connectivity index (χ0v) is 12.8. The van der Waals surface area contributed by atoms with Gasteiger partial charge in [-0.25, -0.2) is 0 Å². The van der Waals surface area contributed by atoms with E-state index < -0.39 is 0 Å². The fraction of sp³-hybridized carbons (Fsp3) is 0.333. The monoisotopic (exact) mass is 285 g/mol. The van der Waals surface area contributed by atoms with Crippen LogP contribution in [0.25, 0.3) is 0 Å². The van der Waals surface area contributed by atoms with Crippen LogP contribution >= 0.6 is 0 Å². The molecule has 2 N–H and O–H groups in total. The van der Waals surface area contributed by atoms with Crippen LogP contribution in [-0.2, 0) is 0 Å². The second-order valence-corrected chi connectivity index (χ2v) is 5.53. The number of methoxy groups -OCH3 is 1. The van der Waals surface area contributed by atoms with Crippen molar-refractivity contribution in [1.29, 1.82) is 0 Å². The fourth-order valence-corrected chi connectivity index (χ4v) is 2.47. The molecule has 0 radical (unpaired) electrons. The second kappa shape index (κ2) is 7.02. The van der Waals surface area contributed by atoms with Gasteiger partial charge in [0.15, 0.2) is 11.5 Å². The standard InChI is InChI=1S/C18H23NO2/c1-13(2)16(14-7-5-4-6-8-14)12-19-15-9-10-18(21-3)17(20)11-15/h4-11,13,16,19-20H,12H2,1-3H3. The summed E-state index contributed by atoms with van der Waals surface area (Å²) >= 11 is 0. The Hall–Kier alpha value is -2.16. The SMILES string of the molecule is COc1ccc(NCC(c2ccccc2)C(C)C)cc1O. The third kappa shape index (κ3) is 3.91. The lowest BCUT2D eigenvalue weighted by Crippen LogP contribution is -2.17. The first kappa shape index (κ1) is 15.2. The average molecular weight is 285 g/mol. The number of rotatable bonds is 6. The van der Waals surface area contributed by atoms with Crippen molar-refractivity contribution in [3.8, 4) is 11.5 Å². The third-order valence-electron chi connectivity index (χ3n) is 3.74. The normalized spacial score (nSPS) is 12.2. The quantitative estimate of drug-likeness (QED) is 0.833. The maximum Gasteiger partial charge on any atom is 0.160 e. The first-order valence-electron chi connectivity index (χ1n) is 7.27. The minimum absolute atomic E-state index is 0.156. The molecule has 2 rings (SSSR count). The molecule has 0 aliphatic rings. The molecule has 0 fully saturated rings. The first-order chi connectivity index (χ1) is 10.1. The van der Waals surface area contributed by atoms with Gasteiger partial charge in [0.1, 0.15) is 0 Å². The van der Waals surface area contributed by atoms with Gasteiger partial charge < -0.3 is 15.2 Å². The van der Waals surface area contributed by atoms with Crippen LogP contribution in [0.15, 0.2) is 48.5 Å². The number of anilines is 1. The number of phenolic OH excluding ortho intramolecular Hbond substituents is 1. The van der Waals surface area contributed by atoms with Crippen molar-refractivity contribution in [2.75, 3.05) is 19.0 Å². The van der Waals surface area contributed by atoms with Crippen molar-refractivity contribution < 1.29 is 9.84 Å². The van der Waals surface area contributed by atoms with E-state index in [1.165, 1.54) is 5.56 Å². The van der Waals surface area contributed by atoms with E-state index in [0.29, 0.717) is 17.6 Å². The number of hydrogen-bond donors (Lipinski definition) is 2. The summed E-state index contributed by atoms with van der Waals surface area (Å²) in [7, 11) is 1.55. The van der Waals surface area contributed by atoms with Gasteiger partial charge in [0, 0.05) is 24.2 Å². The average Bonchev–Trinajstić information content (AvgIpc) is 2.48. The summed E-state index contributed by atoms with van der Waals surface area (Å²) in [6, 6.07) is 15.9. The molecule has 3 heteroatoms. The number of ether oxygens (including phenoxy) is 1. The van der Waals surface area contributed by atoms with Gasteiger partial charge in [-0.1, -0.05) is 44.2 Å². The Kier molecular flexibility index (Phi) is 5.09. The lowest BCUT2D eigenvalue weighted by molar-refractivity contribution is 0.373. The van der Waals surface area contributed by atoms with Crippen molar-refractivity contribution in [2.45, 2.75) is 19.8 Å². The lowest BCUT2D eigenvalue weighted by atomic mass is 9.88. The maximum atomic E-state index is 9.82. The molecule has 2 aromatic rings. The Balaban J connectivity index is 2.07. The summed E-state index contributed by atoms with van der Waals surface area (Å²) in [5.41, 5.74) is 2.23. The van der Waals surface area contributed by atoms with Crippen molar-refractivity contribution >= 4 is 5.69 Å². The second-order valence-electron chi connectivity index (χ2n) is 5.53. The van der Waals surface area contributed by atoms with Crippen LogP contribution in [0.5, 0.6) is 11.5 Å². The van der Waals surface area contributed by atoms with E-state index >= 15 is 0 Å². The van der Waals surface area contributed by atoms with Crippen molar-refractivity contribution in [3.63, 3.8) is 0 Å². The van der Waals surface area contributed by atoms with E-state index in [0.717, 1.165) is 12.2 Å². The molecule has 21 heavy (non-hydrogen) atoms. The predicted octanol–water partition coefficient (Wildman–Crippen LogP) is 4.25. The summed E-state index contributed by atoms with van der Waals surface area (Å²) in [6.07, 6.45) is 0. The molecule has 0 aliphatic heterocycles. The maximum absolute atomic E-state index is 9.82. The summed E-state index contributed by atoms with van der Waals surface area (Å²) < 4.78 is 5.06. The van der Waals surface area contributed by atoms with Crippen molar-refractivity contribution in [3.05, 3.63) is 54.1 Å². The summed E-state index contributed by atoms with van der Waals surface area (Å²) in [5, 5.41) is 13.2. The summed E-state index contributed by atoms with van der Waals surface area (Å²) in [6.45, 7) is 5.28. The number of benzene rings is 2. The number of aromatic hydroxyl groups is 1. The molecule has 1 atom stereocenters. The van der Waals surface area contributed by atoms with Crippen molar-refractivity contribution in [2.24, 2.45) is 5.92 Å². The highest BCUT2D eigenvalue weighted by molar-refractivity contribution is 5.54. The Morgan fingerprint density at radius 2 is 1.81 bits per heavy atom. The van der Waals surface area contributed by atoms with Crippen LogP contribution in [0.4, 0.5) is 5.69 Å². The molecule has 0 bridgehead atoms. The van der Waals surface area contributed by atoms with Crippen LogP contribution < -0.4 is 10.1 Å². The van der Waals surface area contributed by atoms with E-state index in [2.05, 4.69) is 43.4 Å². The molecule has 1 unspecified atom stereocenters. The minimum atomic E-state index is 0.156. The Morgan fingerprint density at radius 1 is 1.10 bits per heavy atom. The Labute approximate surface area is 126 Å². The molecule has 112 valence electrons. The topological polar surface area (TPSA) is 41.5 Å². The van der Waals surface area contributed by atoms with Crippen LogP contribution in [0.1, 0.15) is 25.3 Å². The van der Waals surface area contributed by atoms with Crippen LogP contribution in [0.3, 0.4) is 0 Å². The molecule has 3 nitrogen and oxygen atoms in total. The highest BCUT2D eigenvalue weighted by Gasteiger charge is 2.15. The molecule has 0 saturated heterocycles. The van der Waals surface area contributed by atoms with Crippen LogP contribution in [0.2, 0.25) is 0 Å². The van der Waals surface area contributed by atoms with E-state index in [4.69, 9.17) is 4.74 Å². The smallest absolute Gasteiger partial charge is 0.160 e.